The average molecular weight is 274 g/mol. The van der Waals surface area contributed by atoms with Crippen molar-refractivity contribution in [3.05, 3.63) is 58.1 Å². The minimum absolute atomic E-state index is 0.224. The van der Waals surface area contributed by atoms with E-state index < -0.39 is 0 Å². The molecule has 0 saturated heterocycles. The van der Waals surface area contributed by atoms with Crippen LogP contribution in [0, 0.1) is 6.92 Å². The lowest BCUT2D eigenvalue weighted by molar-refractivity contribution is 0.469. The molecule has 2 aromatic carbocycles. The Bertz CT molecular complexity index is 624. The number of halogens is 1. The lowest BCUT2D eigenvalue weighted by Gasteiger charge is -2.17. The van der Waals surface area contributed by atoms with Gasteiger partial charge in [0.15, 0.2) is 0 Å². The number of fused-ring (bicyclic) bond motifs is 1. The molecule has 0 saturated carbocycles. The minimum Gasteiger partial charge on any atom is -0.508 e. The van der Waals surface area contributed by atoms with Crippen molar-refractivity contribution in [3.63, 3.8) is 0 Å². The highest BCUT2D eigenvalue weighted by Gasteiger charge is 2.24. The third kappa shape index (κ3) is 2.28. The van der Waals surface area contributed by atoms with Gasteiger partial charge in [0, 0.05) is 0 Å². The topological polar surface area (TPSA) is 32.3 Å². The molecule has 0 radical (unpaired) electrons. The number of hydrogen-bond acceptors (Lipinski definition) is 2. The van der Waals surface area contributed by atoms with Gasteiger partial charge < -0.3 is 10.4 Å². The van der Waals surface area contributed by atoms with Crippen molar-refractivity contribution in [2.75, 3.05) is 5.32 Å². The maximum absolute atomic E-state index is 9.86. The highest BCUT2D eigenvalue weighted by molar-refractivity contribution is 6.33. The average Bonchev–Trinajstić information content (AvgIpc) is 2.79. The standard InChI is InChI=1S/C16H16ClNO/c1-10-5-7-13(17)15(9-10)18-14-8-6-12-11(14)3-2-4-16(12)19/h2-5,7,9,14,18-19H,6,8H2,1H3. The van der Waals surface area contributed by atoms with Gasteiger partial charge in [-0.2, -0.15) is 0 Å². The molecule has 0 fully saturated rings. The Hall–Kier alpha value is -1.67. The number of aryl methyl sites for hydroxylation is 1. The Morgan fingerprint density at radius 1 is 1.26 bits per heavy atom. The van der Waals surface area contributed by atoms with Gasteiger partial charge in [0.05, 0.1) is 16.8 Å². The van der Waals surface area contributed by atoms with E-state index in [-0.39, 0.29) is 6.04 Å². The summed E-state index contributed by atoms with van der Waals surface area (Å²) in [5.74, 6) is 0.400. The van der Waals surface area contributed by atoms with E-state index in [1.165, 1.54) is 11.1 Å². The molecule has 3 heteroatoms. The van der Waals surface area contributed by atoms with E-state index in [0.717, 1.165) is 29.1 Å². The molecule has 2 N–H and O–H groups in total. The zero-order chi connectivity index (χ0) is 13.4. The highest BCUT2D eigenvalue weighted by Crippen LogP contribution is 2.39. The predicted octanol–water partition coefficient (Wildman–Crippen LogP) is 4.45. The van der Waals surface area contributed by atoms with Crippen LogP contribution in [0.15, 0.2) is 36.4 Å². The largest absolute Gasteiger partial charge is 0.508 e. The van der Waals surface area contributed by atoms with Gasteiger partial charge in [-0.1, -0.05) is 29.8 Å². The molecule has 0 aliphatic heterocycles. The summed E-state index contributed by atoms with van der Waals surface area (Å²) in [5, 5.41) is 14.1. The fourth-order valence-electron chi connectivity index (χ4n) is 2.72. The molecule has 0 heterocycles. The van der Waals surface area contributed by atoms with E-state index in [1.807, 2.05) is 18.2 Å². The van der Waals surface area contributed by atoms with Crippen molar-refractivity contribution >= 4 is 17.3 Å². The quantitative estimate of drug-likeness (QED) is 0.847. The minimum atomic E-state index is 0.224. The van der Waals surface area contributed by atoms with Crippen molar-refractivity contribution in [2.24, 2.45) is 0 Å². The molecule has 2 nitrogen and oxygen atoms in total. The van der Waals surface area contributed by atoms with Crippen LogP contribution in [-0.2, 0) is 6.42 Å². The van der Waals surface area contributed by atoms with Crippen LogP contribution < -0.4 is 5.32 Å². The second-order valence-electron chi connectivity index (χ2n) is 5.06. The van der Waals surface area contributed by atoms with Gasteiger partial charge in [0.2, 0.25) is 0 Å². The monoisotopic (exact) mass is 273 g/mol. The number of benzene rings is 2. The number of hydrogen-bond donors (Lipinski definition) is 2. The van der Waals surface area contributed by atoms with Crippen LogP contribution in [0.5, 0.6) is 5.75 Å². The molecule has 0 amide bonds. The number of phenolic OH excluding ortho intramolecular Hbond substituents is 1. The Morgan fingerprint density at radius 3 is 2.95 bits per heavy atom. The van der Waals surface area contributed by atoms with Gasteiger partial charge in [0.25, 0.3) is 0 Å². The smallest absolute Gasteiger partial charge is 0.119 e. The molecule has 98 valence electrons. The van der Waals surface area contributed by atoms with E-state index in [9.17, 15) is 5.11 Å². The fraction of sp³-hybridized carbons (Fsp3) is 0.250. The third-order valence-electron chi connectivity index (χ3n) is 3.70. The molecule has 1 aliphatic carbocycles. The van der Waals surface area contributed by atoms with E-state index in [0.29, 0.717) is 5.75 Å². The Kier molecular flexibility index (Phi) is 3.11. The van der Waals surface area contributed by atoms with Gasteiger partial charge >= 0.3 is 0 Å². The van der Waals surface area contributed by atoms with Crippen LogP contribution >= 0.6 is 11.6 Å². The predicted molar refractivity (Wildman–Crippen MR) is 79.0 cm³/mol. The second kappa shape index (κ2) is 4.78. The van der Waals surface area contributed by atoms with E-state index in [1.54, 1.807) is 6.07 Å². The summed E-state index contributed by atoms with van der Waals surface area (Å²) in [7, 11) is 0. The van der Waals surface area contributed by atoms with Crippen molar-refractivity contribution < 1.29 is 5.11 Å². The molecule has 1 atom stereocenters. The van der Waals surface area contributed by atoms with Crippen LogP contribution in [0.25, 0.3) is 0 Å². The summed E-state index contributed by atoms with van der Waals surface area (Å²) in [5.41, 5.74) is 4.38. The summed E-state index contributed by atoms with van der Waals surface area (Å²) in [4.78, 5) is 0. The molecule has 0 bridgehead atoms. The summed E-state index contributed by atoms with van der Waals surface area (Å²) in [6.07, 6.45) is 1.89. The van der Waals surface area contributed by atoms with Crippen LogP contribution in [0.4, 0.5) is 5.69 Å². The van der Waals surface area contributed by atoms with Crippen molar-refractivity contribution in [1.82, 2.24) is 0 Å². The zero-order valence-electron chi connectivity index (χ0n) is 10.8. The van der Waals surface area contributed by atoms with Crippen LogP contribution in [0.1, 0.15) is 29.2 Å². The van der Waals surface area contributed by atoms with Gasteiger partial charge in [-0.05, 0) is 54.7 Å². The highest BCUT2D eigenvalue weighted by atomic mass is 35.5. The van der Waals surface area contributed by atoms with Crippen molar-refractivity contribution in [3.8, 4) is 5.75 Å². The molecule has 0 spiro atoms. The van der Waals surface area contributed by atoms with E-state index >= 15 is 0 Å². The summed E-state index contributed by atoms with van der Waals surface area (Å²) in [6.45, 7) is 2.05. The second-order valence-corrected chi connectivity index (χ2v) is 5.47. The van der Waals surface area contributed by atoms with Gasteiger partial charge in [-0.25, -0.2) is 0 Å². The first-order chi connectivity index (χ1) is 9.15. The van der Waals surface area contributed by atoms with Crippen molar-refractivity contribution in [1.29, 1.82) is 0 Å². The number of nitrogens with one attached hydrogen (secondary N) is 1. The maximum Gasteiger partial charge on any atom is 0.119 e. The lowest BCUT2D eigenvalue weighted by Crippen LogP contribution is -2.07. The summed E-state index contributed by atoms with van der Waals surface area (Å²) < 4.78 is 0. The Balaban J connectivity index is 1.91. The molecular formula is C16H16ClNO. The number of phenols is 1. The summed E-state index contributed by atoms with van der Waals surface area (Å²) in [6, 6.07) is 11.9. The molecule has 19 heavy (non-hydrogen) atoms. The first kappa shape index (κ1) is 12.4. The van der Waals surface area contributed by atoms with Gasteiger partial charge in [-0.15, -0.1) is 0 Å². The van der Waals surface area contributed by atoms with E-state index in [4.69, 9.17) is 11.6 Å². The molecule has 1 unspecified atom stereocenters. The number of aromatic hydroxyl groups is 1. The molecule has 3 rings (SSSR count). The Labute approximate surface area is 118 Å². The van der Waals surface area contributed by atoms with E-state index in [2.05, 4.69) is 24.4 Å². The van der Waals surface area contributed by atoms with Crippen LogP contribution in [0.2, 0.25) is 5.02 Å². The summed E-state index contributed by atoms with van der Waals surface area (Å²) >= 11 is 6.22. The zero-order valence-corrected chi connectivity index (χ0v) is 11.5. The van der Waals surface area contributed by atoms with Gasteiger partial charge in [0.1, 0.15) is 5.75 Å². The molecular weight excluding hydrogens is 258 g/mol. The Morgan fingerprint density at radius 2 is 2.11 bits per heavy atom. The third-order valence-corrected chi connectivity index (χ3v) is 4.03. The number of anilines is 1. The van der Waals surface area contributed by atoms with Crippen molar-refractivity contribution in [2.45, 2.75) is 25.8 Å². The molecule has 0 aromatic heterocycles. The fourth-order valence-corrected chi connectivity index (χ4v) is 2.89. The molecule has 2 aromatic rings. The van der Waals surface area contributed by atoms with Crippen LogP contribution in [0.3, 0.4) is 0 Å². The first-order valence-corrected chi connectivity index (χ1v) is 6.86. The number of rotatable bonds is 2. The van der Waals surface area contributed by atoms with Crippen LogP contribution in [-0.4, -0.2) is 5.11 Å². The normalized spacial score (nSPS) is 17.3. The molecule has 1 aliphatic rings. The first-order valence-electron chi connectivity index (χ1n) is 6.48. The SMILES string of the molecule is Cc1ccc(Cl)c(NC2CCc3c(O)cccc32)c1. The van der Waals surface area contributed by atoms with Gasteiger partial charge in [-0.3, -0.25) is 0 Å². The maximum atomic E-state index is 9.86. The lowest BCUT2D eigenvalue weighted by atomic mass is 10.1.